The third-order valence-corrected chi connectivity index (χ3v) is 5.01. The van der Waals surface area contributed by atoms with E-state index in [1.54, 1.807) is 0 Å². The monoisotopic (exact) mass is 253 g/mol. The minimum atomic E-state index is -0.466. The molecule has 3 N–H and O–H groups in total. The number of hydrogen-bond acceptors (Lipinski definition) is 3. The fraction of sp³-hybridized carbons (Fsp3) is 0.929. The van der Waals surface area contributed by atoms with Gasteiger partial charge in [-0.05, 0) is 64.6 Å². The molecule has 1 aliphatic carbocycles. The Bertz CT molecular complexity index is 299. The second kappa shape index (κ2) is 5.57. The van der Waals surface area contributed by atoms with E-state index in [1.807, 2.05) is 7.05 Å². The van der Waals surface area contributed by atoms with Crippen LogP contribution in [0.3, 0.4) is 0 Å². The van der Waals surface area contributed by atoms with Gasteiger partial charge in [0.2, 0.25) is 5.91 Å². The topological polar surface area (TPSA) is 58.4 Å². The van der Waals surface area contributed by atoms with E-state index in [0.717, 1.165) is 25.2 Å². The van der Waals surface area contributed by atoms with E-state index in [0.29, 0.717) is 6.04 Å². The number of primary amides is 1. The number of amides is 1. The SMILES string of the molecule is CNC1(C(N)=O)CCCC(N2CCC(C)CC2)C1. The Balaban J connectivity index is 2.00. The molecule has 1 heterocycles. The minimum absolute atomic E-state index is 0.180. The highest BCUT2D eigenvalue weighted by Gasteiger charge is 2.41. The van der Waals surface area contributed by atoms with Gasteiger partial charge in [0.1, 0.15) is 0 Å². The summed E-state index contributed by atoms with van der Waals surface area (Å²) in [5, 5.41) is 3.19. The molecule has 18 heavy (non-hydrogen) atoms. The highest BCUT2D eigenvalue weighted by atomic mass is 16.1. The normalized spacial score (nSPS) is 35.6. The number of carbonyl (C=O) groups is 1. The molecule has 4 heteroatoms. The maximum absolute atomic E-state index is 11.7. The summed E-state index contributed by atoms with van der Waals surface area (Å²) in [4.78, 5) is 14.3. The standard InChI is InChI=1S/C14H27N3O/c1-11-5-8-17(9-6-11)12-4-3-7-14(10-12,16-2)13(15)18/h11-12,16H,3-10H2,1-2H3,(H2,15,18). The van der Waals surface area contributed by atoms with Gasteiger partial charge < -0.3 is 16.0 Å². The molecule has 2 unspecified atom stereocenters. The minimum Gasteiger partial charge on any atom is -0.368 e. The molecule has 0 aromatic heterocycles. The second-order valence-electron chi connectivity index (χ2n) is 6.17. The molecule has 2 fully saturated rings. The molecule has 4 nitrogen and oxygen atoms in total. The number of likely N-dealkylation sites (N-methyl/N-ethyl adjacent to an activating group) is 1. The Hall–Kier alpha value is -0.610. The lowest BCUT2D eigenvalue weighted by molar-refractivity contribution is -0.126. The maximum Gasteiger partial charge on any atom is 0.237 e. The van der Waals surface area contributed by atoms with Gasteiger partial charge in [0.25, 0.3) is 0 Å². The number of piperidine rings is 1. The molecule has 1 saturated carbocycles. The van der Waals surface area contributed by atoms with Gasteiger partial charge in [-0.3, -0.25) is 4.79 Å². The number of nitrogens with zero attached hydrogens (tertiary/aromatic N) is 1. The highest BCUT2D eigenvalue weighted by Crippen LogP contribution is 2.32. The van der Waals surface area contributed by atoms with Crippen LogP contribution in [0.15, 0.2) is 0 Å². The summed E-state index contributed by atoms with van der Waals surface area (Å²) in [6, 6.07) is 0.534. The molecule has 104 valence electrons. The fourth-order valence-corrected chi connectivity index (χ4v) is 3.53. The molecule has 2 aliphatic rings. The summed E-state index contributed by atoms with van der Waals surface area (Å²) >= 11 is 0. The first-order chi connectivity index (χ1) is 8.57. The summed E-state index contributed by atoms with van der Waals surface area (Å²) in [7, 11) is 1.87. The largest absolute Gasteiger partial charge is 0.368 e. The van der Waals surface area contributed by atoms with Gasteiger partial charge in [-0.1, -0.05) is 6.92 Å². The predicted molar refractivity (Wildman–Crippen MR) is 73.2 cm³/mol. The number of nitrogens with one attached hydrogen (secondary N) is 1. The molecule has 2 atom stereocenters. The number of hydrogen-bond donors (Lipinski definition) is 2. The van der Waals surface area contributed by atoms with Crippen LogP contribution < -0.4 is 11.1 Å². The van der Waals surface area contributed by atoms with E-state index >= 15 is 0 Å². The summed E-state index contributed by atoms with van der Waals surface area (Å²) < 4.78 is 0. The number of likely N-dealkylation sites (tertiary alicyclic amines) is 1. The first kappa shape index (κ1) is 13.8. The molecule has 0 radical (unpaired) electrons. The van der Waals surface area contributed by atoms with Crippen molar-refractivity contribution in [1.29, 1.82) is 0 Å². The van der Waals surface area contributed by atoms with Gasteiger partial charge in [-0.15, -0.1) is 0 Å². The van der Waals surface area contributed by atoms with E-state index in [2.05, 4.69) is 17.1 Å². The quantitative estimate of drug-likeness (QED) is 0.792. The third-order valence-electron chi connectivity index (χ3n) is 5.01. The van der Waals surface area contributed by atoms with Crippen LogP contribution in [0.4, 0.5) is 0 Å². The predicted octanol–water partition coefficient (Wildman–Crippen LogP) is 1.10. The van der Waals surface area contributed by atoms with Crippen molar-refractivity contribution in [3.05, 3.63) is 0 Å². The van der Waals surface area contributed by atoms with E-state index in [4.69, 9.17) is 5.73 Å². The zero-order valence-electron chi connectivity index (χ0n) is 11.7. The molecule has 1 saturated heterocycles. The van der Waals surface area contributed by atoms with Gasteiger partial charge in [0.05, 0.1) is 5.54 Å². The van der Waals surface area contributed by atoms with Crippen molar-refractivity contribution in [2.24, 2.45) is 11.7 Å². The van der Waals surface area contributed by atoms with Crippen LogP contribution in [0.1, 0.15) is 45.4 Å². The number of nitrogens with two attached hydrogens (primary N) is 1. The lowest BCUT2D eigenvalue weighted by atomic mass is 9.77. The molecule has 1 amide bonds. The van der Waals surface area contributed by atoms with Crippen LogP contribution in [-0.4, -0.2) is 42.5 Å². The van der Waals surface area contributed by atoms with Crippen LogP contribution in [0.2, 0.25) is 0 Å². The van der Waals surface area contributed by atoms with Crippen molar-refractivity contribution in [2.45, 2.75) is 57.0 Å². The van der Waals surface area contributed by atoms with E-state index in [1.165, 1.54) is 32.4 Å². The van der Waals surface area contributed by atoms with Crippen LogP contribution >= 0.6 is 0 Å². The molecular formula is C14H27N3O. The Morgan fingerprint density at radius 1 is 1.33 bits per heavy atom. The van der Waals surface area contributed by atoms with Crippen molar-refractivity contribution >= 4 is 5.91 Å². The molecular weight excluding hydrogens is 226 g/mol. The summed E-state index contributed by atoms with van der Waals surface area (Å²) in [6.45, 7) is 4.70. The Morgan fingerprint density at radius 3 is 2.56 bits per heavy atom. The smallest absolute Gasteiger partial charge is 0.237 e. The van der Waals surface area contributed by atoms with Gasteiger partial charge >= 0.3 is 0 Å². The zero-order valence-corrected chi connectivity index (χ0v) is 11.7. The van der Waals surface area contributed by atoms with Crippen LogP contribution in [0, 0.1) is 5.92 Å². The Labute approximate surface area is 110 Å². The van der Waals surface area contributed by atoms with Crippen molar-refractivity contribution in [2.75, 3.05) is 20.1 Å². The van der Waals surface area contributed by atoms with Crippen molar-refractivity contribution in [1.82, 2.24) is 10.2 Å². The molecule has 0 aromatic carbocycles. The maximum atomic E-state index is 11.7. The van der Waals surface area contributed by atoms with Gasteiger partial charge in [0, 0.05) is 6.04 Å². The molecule has 2 rings (SSSR count). The number of carbonyl (C=O) groups excluding carboxylic acids is 1. The Kier molecular flexibility index (Phi) is 4.28. The lowest BCUT2D eigenvalue weighted by Gasteiger charge is -2.44. The van der Waals surface area contributed by atoms with Crippen LogP contribution in [0.5, 0.6) is 0 Å². The first-order valence-corrected chi connectivity index (χ1v) is 7.30. The van der Waals surface area contributed by atoms with Crippen molar-refractivity contribution < 1.29 is 4.79 Å². The highest BCUT2D eigenvalue weighted by molar-refractivity contribution is 5.84. The van der Waals surface area contributed by atoms with E-state index in [-0.39, 0.29) is 5.91 Å². The van der Waals surface area contributed by atoms with Gasteiger partial charge in [-0.25, -0.2) is 0 Å². The zero-order chi connectivity index (χ0) is 13.2. The molecule has 0 aromatic rings. The molecule has 0 spiro atoms. The third kappa shape index (κ3) is 2.69. The van der Waals surface area contributed by atoms with Crippen LogP contribution in [-0.2, 0) is 4.79 Å². The molecule has 0 bridgehead atoms. The first-order valence-electron chi connectivity index (χ1n) is 7.30. The molecule has 1 aliphatic heterocycles. The number of rotatable bonds is 3. The van der Waals surface area contributed by atoms with Crippen molar-refractivity contribution in [3.63, 3.8) is 0 Å². The fourth-order valence-electron chi connectivity index (χ4n) is 3.53. The van der Waals surface area contributed by atoms with Crippen LogP contribution in [0.25, 0.3) is 0 Å². The van der Waals surface area contributed by atoms with E-state index in [9.17, 15) is 4.79 Å². The average molecular weight is 253 g/mol. The van der Waals surface area contributed by atoms with E-state index < -0.39 is 5.54 Å². The summed E-state index contributed by atoms with van der Waals surface area (Å²) in [5.41, 5.74) is 5.14. The van der Waals surface area contributed by atoms with Gasteiger partial charge in [-0.2, -0.15) is 0 Å². The average Bonchev–Trinajstić information content (AvgIpc) is 2.39. The summed E-state index contributed by atoms with van der Waals surface area (Å²) in [5.74, 6) is 0.676. The lowest BCUT2D eigenvalue weighted by Crippen LogP contribution is -2.60. The second-order valence-corrected chi connectivity index (χ2v) is 6.17. The Morgan fingerprint density at radius 2 is 2.00 bits per heavy atom. The van der Waals surface area contributed by atoms with Crippen molar-refractivity contribution in [3.8, 4) is 0 Å². The van der Waals surface area contributed by atoms with Gasteiger partial charge in [0.15, 0.2) is 0 Å². The summed E-state index contributed by atoms with van der Waals surface area (Å²) in [6.07, 6.45) is 6.66.